The Kier molecular flexibility index (Phi) is 12.6. The second-order valence-electron chi connectivity index (χ2n) is 10.8. The zero-order valence-electron chi connectivity index (χ0n) is 22.7. The lowest BCUT2D eigenvalue weighted by molar-refractivity contribution is -0.0330. The molecule has 190 valence electrons. The fraction of sp³-hybridized carbons (Fsp3) is 0.714. The van der Waals surface area contributed by atoms with Crippen molar-refractivity contribution in [3.8, 4) is 0 Å². The molecule has 5 atom stereocenters. The van der Waals surface area contributed by atoms with E-state index in [0.29, 0.717) is 29.8 Å². The monoisotopic (exact) mass is 478 g/mol. The van der Waals surface area contributed by atoms with Crippen LogP contribution in [0.5, 0.6) is 0 Å². The van der Waals surface area contributed by atoms with Crippen molar-refractivity contribution in [1.82, 2.24) is 0 Å². The van der Waals surface area contributed by atoms with Crippen LogP contribution < -0.4 is 0 Å². The minimum Gasteiger partial charge on any atom is -0.409 e. The van der Waals surface area contributed by atoms with Crippen LogP contribution in [0.4, 0.5) is 0 Å². The van der Waals surface area contributed by atoms with E-state index in [-0.39, 0.29) is 17.9 Å². The lowest BCUT2D eigenvalue weighted by Crippen LogP contribution is -2.53. The maximum Gasteiger partial charge on any atom is 0.201 e. The van der Waals surface area contributed by atoms with Gasteiger partial charge in [-0.15, -0.1) is 0 Å². The summed E-state index contributed by atoms with van der Waals surface area (Å²) in [5.41, 5.74) is 3.60. The molecule has 1 aromatic rings. The summed E-state index contributed by atoms with van der Waals surface area (Å²) in [6, 6.07) is 10.2. The van der Waals surface area contributed by atoms with Crippen LogP contribution in [0.3, 0.4) is 0 Å². The van der Waals surface area contributed by atoms with Crippen LogP contribution >= 0.6 is 0 Å². The maximum atomic E-state index is 10.8. The lowest BCUT2D eigenvalue weighted by atomic mass is 9.89. The molecule has 0 spiro atoms. The summed E-state index contributed by atoms with van der Waals surface area (Å²) in [6.45, 7) is 22.8. The van der Waals surface area contributed by atoms with Gasteiger partial charge in [-0.1, -0.05) is 91.8 Å². The molecule has 2 N–H and O–H groups in total. The highest BCUT2D eigenvalue weighted by atomic mass is 28.4. The summed E-state index contributed by atoms with van der Waals surface area (Å²) in [4.78, 5) is 0. The first-order valence-electron chi connectivity index (χ1n) is 12.7. The third-order valence-electron chi connectivity index (χ3n) is 7.04. The number of hydrogen-bond acceptors (Lipinski definition) is 4. The quantitative estimate of drug-likeness (QED) is 0.230. The van der Waals surface area contributed by atoms with Gasteiger partial charge in [-0.25, -0.2) is 0 Å². The number of hydrogen-bond donors (Lipinski definition) is 2. The molecule has 0 aromatic heterocycles. The third-order valence-corrected chi connectivity index (χ3v) is 13.1. The zero-order chi connectivity index (χ0) is 25.3. The Balaban J connectivity index is 3.13. The molecule has 0 saturated carbocycles. The van der Waals surface area contributed by atoms with E-state index in [1.54, 1.807) is 6.92 Å². The molecule has 0 bridgehead atoms. The molecule has 0 heterocycles. The Morgan fingerprint density at radius 3 is 1.85 bits per heavy atom. The van der Waals surface area contributed by atoms with Crippen LogP contribution in [0.15, 0.2) is 42.0 Å². The maximum absolute atomic E-state index is 10.8. The van der Waals surface area contributed by atoms with E-state index < -0.39 is 20.5 Å². The van der Waals surface area contributed by atoms with Crippen molar-refractivity contribution in [2.24, 2.45) is 11.8 Å². The van der Waals surface area contributed by atoms with Gasteiger partial charge in [-0.05, 0) is 47.5 Å². The van der Waals surface area contributed by atoms with Gasteiger partial charge in [0, 0.05) is 5.92 Å². The van der Waals surface area contributed by atoms with Crippen molar-refractivity contribution >= 4 is 8.32 Å². The molecule has 0 saturated heterocycles. The van der Waals surface area contributed by atoms with Crippen molar-refractivity contribution < 1.29 is 19.4 Å². The van der Waals surface area contributed by atoms with Gasteiger partial charge >= 0.3 is 0 Å². The highest BCUT2D eigenvalue weighted by Gasteiger charge is 2.48. The second-order valence-corrected chi connectivity index (χ2v) is 16.2. The Morgan fingerprint density at radius 2 is 1.39 bits per heavy atom. The van der Waals surface area contributed by atoms with Gasteiger partial charge in [0.15, 0.2) is 0 Å². The first-order valence-corrected chi connectivity index (χ1v) is 14.8. The van der Waals surface area contributed by atoms with E-state index in [1.165, 1.54) is 5.56 Å². The molecule has 0 aliphatic carbocycles. The fourth-order valence-corrected chi connectivity index (χ4v) is 11.0. The number of rotatable bonds is 14. The first-order chi connectivity index (χ1) is 15.3. The van der Waals surface area contributed by atoms with Gasteiger partial charge in [0.25, 0.3) is 0 Å². The molecule has 0 amide bonds. The Hall–Kier alpha value is -0.983. The molecule has 0 aliphatic rings. The normalized spacial score (nSPS) is 18.0. The summed E-state index contributed by atoms with van der Waals surface area (Å²) < 4.78 is 13.1. The Bertz CT molecular complexity index is 677. The van der Waals surface area contributed by atoms with Crippen LogP contribution in [0.25, 0.3) is 0 Å². The van der Waals surface area contributed by atoms with Gasteiger partial charge in [0.2, 0.25) is 8.32 Å². The van der Waals surface area contributed by atoms with E-state index >= 15 is 0 Å². The molecule has 5 heteroatoms. The predicted octanol–water partition coefficient (Wildman–Crippen LogP) is 6.72. The summed E-state index contributed by atoms with van der Waals surface area (Å²) >= 11 is 0. The highest BCUT2D eigenvalue weighted by molar-refractivity contribution is 6.77. The van der Waals surface area contributed by atoms with Crippen molar-refractivity contribution in [1.29, 1.82) is 0 Å². The molecule has 4 nitrogen and oxygen atoms in total. The zero-order valence-corrected chi connectivity index (χ0v) is 23.7. The minimum atomic E-state index is -2.18. The largest absolute Gasteiger partial charge is 0.409 e. The Morgan fingerprint density at radius 1 is 0.879 bits per heavy atom. The van der Waals surface area contributed by atoms with E-state index in [4.69, 9.17) is 9.16 Å². The van der Waals surface area contributed by atoms with Crippen LogP contribution in [-0.2, 0) is 15.8 Å². The first kappa shape index (κ1) is 30.0. The molecular weight excluding hydrogens is 428 g/mol. The average molecular weight is 479 g/mol. The molecule has 0 unspecified atom stereocenters. The summed E-state index contributed by atoms with van der Waals surface area (Å²) in [6.07, 6.45) is 0.325. The van der Waals surface area contributed by atoms with E-state index in [2.05, 4.69) is 73.6 Å². The fourth-order valence-electron chi connectivity index (χ4n) is 5.39. The van der Waals surface area contributed by atoms with Crippen molar-refractivity contribution in [2.45, 2.75) is 111 Å². The van der Waals surface area contributed by atoms with Gasteiger partial charge in [0.05, 0.1) is 31.5 Å². The van der Waals surface area contributed by atoms with Crippen molar-refractivity contribution in [3.05, 3.63) is 47.5 Å². The molecular formula is C28H50O4Si. The van der Waals surface area contributed by atoms with Crippen LogP contribution in [-0.4, -0.2) is 43.4 Å². The molecule has 0 radical (unpaired) electrons. The highest BCUT2D eigenvalue weighted by Crippen LogP contribution is 2.44. The topological polar surface area (TPSA) is 58.9 Å². The molecule has 1 aromatic carbocycles. The van der Waals surface area contributed by atoms with Crippen LogP contribution in [0, 0.1) is 11.8 Å². The van der Waals surface area contributed by atoms with Crippen LogP contribution in [0.1, 0.15) is 74.8 Å². The second kappa shape index (κ2) is 13.8. The van der Waals surface area contributed by atoms with Crippen molar-refractivity contribution in [2.75, 3.05) is 6.61 Å². The van der Waals surface area contributed by atoms with E-state index in [0.717, 1.165) is 5.57 Å². The Labute approximate surface area is 204 Å². The summed E-state index contributed by atoms with van der Waals surface area (Å²) in [5, 5.41) is 20.9. The number of aliphatic hydroxyl groups excluding tert-OH is 2. The molecule has 0 aliphatic heterocycles. The molecule has 1 rings (SSSR count). The lowest BCUT2D eigenvalue weighted by Gasteiger charge is -2.47. The van der Waals surface area contributed by atoms with Crippen LogP contribution in [0.2, 0.25) is 16.6 Å². The molecule has 0 fully saturated rings. The minimum absolute atomic E-state index is 0.212. The standard InChI is InChI=1S/C28H50O4Si/c1-19(2)33(20(3)4,21(5)6)32-28(24(9)27(30)25(10)29)23(8)16-22(7)17-31-18-26-14-12-11-13-15-26/h11-16,19-22,24-25,27-30H,17-18H2,1-10H3/b23-16+/t22-,24+,25+,27+,28+/m1/s1. The van der Waals surface area contributed by atoms with Gasteiger partial charge in [-0.2, -0.15) is 0 Å². The van der Waals surface area contributed by atoms with Gasteiger partial charge in [0.1, 0.15) is 0 Å². The summed E-state index contributed by atoms with van der Waals surface area (Å²) in [7, 11) is -2.18. The third kappa shape index (κ3) is 8.32. The van der Waals surface area contributed by atoms with Crippen molar-refractivity contribution in [3.63, 3.8) is 0 Å². The van der Waals surface area contributed by atoms with E-state index in [1.807, 2.05) is 25.1 Å². The van der Waals surface area contributed by atoms with E-state index in [9.17, 15) is 10.2 Å². The summed E-state index contributed by atoms with van der Waals surface area (Å²) in [5.74, 6) is -0.00858. The number of ether oxygens (including phenoxy) is 1. The number of aliphatic hydroxyl groups is 2. The predicted molar refractivity (Wildman–Crippen MR) is 142 cm³/mol. The average Bonchev–Trinajstić information content (AvgIpc) is 2.73. The SMILES string of the molecule is C/C(=C\[C@@H](C)COCc1ccccc1)[C@H](O[Si](C(C)C)(C(C)C)C(C)C)[C@@H](C)[C@H](O)[C@H](C)O. The van der Waals surface area contributed by atoms with Gasteiger partial charge in [-0.3, -0.25) is 0 Å². The van der Waals surface area contributed by atoms with Gasteiger partial charge < -0.3 is 19.4 Å². The number of benzene rings is 1. The smallest absolute Gasteiger partial charge is 0.201 e. The molecule has 33 heavy (non-hydrogen) atoms.